The summed E-state index contributed by atoms with van der Waals surface area (Å²) in [4.78, 5) is 2.73. The Morgan fingerprint density at radius 2 is 2.18 bits per heavy atom. The molecule has 0 spiro atoms. The molecule has 2 rings (SSSR count). The minimum Gasteiger partial charge on any atom is -0.314 e. The molecular formula is C15H28N2. The summed E-state index contributed by atoms with van der Waals surface area (Å²) in [6, 6.07) is 1.58. The van der Waals surface area contributed by atoms with Gasteiger partial charge in [0, 0.05) is 18.6 Å². The fourth-order valence-corrected chi connectivity index (χ4v) is 3.25. The normalized spacial score (nSPS) is 35.1. The molecule has 1 heterocycles. The first-order valence-electron chi connectivity index (χ1n) is 7.43. The molecule has 1 aliphatic carbocycles. The molecule has 0 saturated carbocycles. The lowest BCUT2D eigenvalue weighted by atomic mass is 9.90. The Labute approximate surface area is 106 Å². The van der Waals surface area contributed by atoms with Crippen LogP contribution in [0.25, 0.3) is 0 Å². The van der Waals surface area contributed by atoms with Gasteiger partial charge >= 0.3 is 0 Å². The van der Waals surface area contributed by atoms with Crippen LogP contribution in [-0.4, -0.2) is 36.6 Å². The van der Waals surface area contributed by atoms with Gasteiger partial charge in [0.1, 0.15) is 0 Å². The quantitative estimate of drug-likeness (QED) is 0.755. The number of allylic oxidation sites excluding steroid dienone is 1. The average molecular weight is 236 g/mol. The van der Waals surface area contributed by atoms with E-state index in [9.17, 15) is 0 Å². The Morgan fingerprint density at radius 3 is 2.82 bits per heavy atom. The topological polar surface area (TPSA) is 15.3 Å². The number of hydrogen-bond donors (Lipinski definition) is 1. The highest BCUT2D eigenvalue weighted by atomic mass is 15.2. The van der Waals surface area contributed by atoms with E-state index in [1.54, 1.807) is 0 Å². The van der Waals surface area contributed by atoms with E-state index in [2.05, 4.69) is 36.2 Å². The van der Waals surface area contributed by atoms with Gasteiger partial charge in [0.05, 0.1) is 0 Å². The summed E-state index contributed by atoms with van der Waals surface area (Å²) in [5.74, 6) is 0.807. The zero-order chi connectivity index (χ0) is 12.1. The Balaban J connectivity index is 1.79. The highest BCUT2D eigenvalue weighted by Crippen LogP contribution is 2.24. The molecule has 1 aliphatic heterocycles. The third-order valence-electron chi connectivity index (χ3n) is 4.35. The van der Waals surface area contributed by atoms with Crippen molar-refractivity contribution in [3.05, 3.63) is 12.2 Å². The summed E-state index contributed by atoms with van der Waals surface area (Å²) < 4.78 is 0. The molecule has 17 heavy (non-hydrogen) atoms. The minimum absolute atomic E-state index is 0.755. The Hall–Kier alpha value is -0.340. The molecule has 2 aliphatic rings. The summed E-state index contributed by atoms with van der Waals surface area (Å²) >= 11 is 0. The fraction of sp³-hybridized carbons (Fsp3) is 0.867. The van der Waals surface area contributed by atoms with Crippen LogP contribution in [0.4, 0.5) is 0 Å². The van der Waals surface area contributed by atoms with Crippen molar-refractivity contribution in [3.63, 3.8) is 0 Å². The monoisotopic (exact) mass is 236 g/mol. The summed E-state index contributed by atoms with van der Waals surface area (Å²) in [7, 11) is 0. The first-order valence-corrected chi connectivity index (χ1v) is 7.43. The van der Waals surface area contributed by atoms with Crippen molar-refractivity contribution >= 4 is 0 Å². The second kappa shape index (κ2) is 6.55. The maximum absolute atomic E-state index is 3.70. The van der Waals surface area contributed by atoms with Gasteiger partial charge in [-0.25, -0.2) is 0 Å². The summed E-state index contributed by atoms with van der Waals surface area (Å²) in [5.41, 5.74) is 0. The molecule has 2 nitrogen and oxygen atoms in total. The molecule has 1 saturated heterocycles. The van der Waals surface area contributed by atoms with Gasteiger partial charge in [-0.3, -0.25) is 4.90 Å². The maximum Gasteiger partial charge on any atom is 0.0133 e. The number of nitrogens with one attached hydrogen (secondary N) is 1. The zero-order valence-electron chi connectivity index (χ0n) is 11.5. The molecular weight excluding hydrogens is 208 g/mol. The molecule has 0 aromatic heterocycles. The van der Waals surface area contributed by atoms with Gasteiger partial charge in [0.25, 0.3) is 0 Å². The highest BCUT2D eigenvalue weighted by molar-refractivity contribution is 4.96. The van der Waals surface area contributed by atoms with Gasteiger partial charge in [-0.1, -0.05) is 26.0 Å². The van der Waals surface area contributed by atoms with E-state index in [1.807, 2.05) is 0 Å². The predicted molar refractivity (Wildman–Crippen MR) is 74.2 cm³/mol. The third kappa shape index (κ3) is 3.56. The van der Waals surface area contributed by atoms with Gasteiger partial charge in [0.2, 0.25) is 0 Å². The molecule has 98 valence electrons. The van der Waals surface area contributed by atoms with Crippen LogP contribution in [0.3, 0.4) is 0 Å². The highest BCUT2D eigenvalue weighted by Gasteiger charge is 2.29. The lowest BCUT2D eigenvalue weighted by Crippen LogP contribution is -2.51. The predicted octanol–water partition coefficient (Wildman–Crippen LogP) is 2.81. The number of piperidine rings is 1. The van der Waals surface area contributed by atoms with Gasteiger partial charge in [-0.2, -0.15) is 0 Å². The van der Waals surface area contributed by atoms with E-state index in [4.69, 9.17) is 0 Å². The molecule has 0 amide bonds. The molecule has 3 atom stereocenters. The third-order valence-corrected chi connectivity index (χ3v) is 4.35. The number of nitrogens with zero attached hydrogens (tertiary/aromatic N) is 1. The summed E-state index contributed by atoms with van der Waals surface area (Å²) in [5, 5.41) is 3.70. The van der Waals surface area contributed by atoms with Crippen molar-refractivity contribution in [2.24, 2.45) is 5.92 Å². The standard InChI is InChI=1S/C15H28N2/c1-3-10-16-15-9-11-17(12-13(15)2)14-7-5-4-6-8-14/h4-5,13-16H,3,6-12H2,1-2H3. The SMILES string of the molecule is CCCNC1CCN(C2CC=CCC2)CC1C. The van der Waals surface area contributed by atoms with Crippen LogP contribution in [0.2, 0.25) is 0 Å². The maximum atomic E-state index is 3.70. The van der Waals surface area contributed by atoms with E-state index in [1.165, 1.54) is 51.7 Å². The Morgan fingerprint density at radius 1 is 1.29 bits per heavy atom. The van der Waals surface area contributed by atoms with E-state index < -0.39 is 0 Å². The summed E-state index contributed by atoms with van der Waals surface area (Å²) in [6.45, 7) is 8.44. The van der Waals surface area contributed by atoms with E-state index in [0.717, 1.165) is 18.0 Å². The molecule has 0 aromatic carbocycles. The van der Waals surface area contributed by atoms with Gasteiger partial charge in [0.15, 0.2) is 0 Å². The molecule has 1 fully saturated rings. The largest absolute Gasteiger partial charge is 0.314 e. The van der Waals surface area contributed by atoms with Crippen LogP contribution in [0.5, 0.6) is 0 Å². The van der Waals surface area contributed by atoms with E-state index in [0.29, 0.717) is 0 Å². The lowest BCUT2D eigenvalue weighted by molar-refractivity contribution is 0.0984. The first-order chi connectivity index (χ1) is 8.31. The van der Waals surface area contributed by atoms with Crippen LogP contribution in [-0.2, 0) is 0 Å². The molecule has 1 N–H and O–H groups in total. The first kappa shape index (κ1) is 13.1. The van der Waals surface area contributed by atoms with Gasteiger partial charge in [-0.05, 0) is 51.1 Å². The molecule has 0 bridgehead atoms. The van der Waals surface area contributed by atoms with Crippen LogP contribution < -0.4 is 5.32 Å². The smallest absolute Gasteiger partial charge is 0.0133 e. The van der Waals surface area contributed by atoms with Crippen LogP contribution in [0.15, 0.2) is 12.2 Å². The fourth-order valence-electron chi connectivity index (χ4n) is 3.25. The van der Waals surface area contributed by atoms with Crippen molar-refractivity contribution in [2.45, 2.75) is 58.0 Å². The number of rotatable bonds is 4. The number of hydrogen-bond acceptors (Lipinski definition) is 2. The lowest BCUT2D eigenvalue weighted by Gasteiger charge is -2.42. The van der Waals surface area contributed by atoms with Crippen molar-refractivity contribution in [1.82, 2.24) is 10.2 Å². The van der Waals surface area contributed by atoms with Gasteiger partial charge in [-0.15, -0.1) is 0 Å². The Bertz CT molecular complexity index is 249. The second-order valence-corrected chi connectivity index (χ2v) is 5.76. The summed E-state index contributed by atoms with van der Waals surface area (Å²) in [6.07, 6.45) is 11.2. The zero-order valence-corrected chi connectivity index (χ0v) is 11.5. The molecule has 2 heteroatoms. The Kier molecular flexibility index (Phi) is 5.05. The molecule has 0 aromatic rings. The van der Waals surface area contributed by atoms with Crippen molar-refractivity contribution < 1.29 is 0 Å². The second-order valence-electron chi connectivity index (χ2n) is 5.76. The number of likely N-dealkylation sites (tertiary alicyclic amines) is 1. The van der Waals surface area contributed by atoms with E-state index >= 15 is 0 Å². The van der Waals surface area contributed by atoms with Crippen LogP contribution in [0.1, 0.15) is 46.0 Å². The average Bonchev–Trinajstić information content (AvgIpc) is 2.38. The van der Waals surface area contributed by atoms with Crippen LogP contribution >= 0.6 is 0 Å². The van der Waals surface area contributed by atoms with Crippen LogP contribution in [0, 0.1) is 5.92 Å². The van der Waals surface area contributed by atoms with Crippen molar-refractivity contribution in [2.75, 3.05) is 19.6 Å². The molecule has 0 radical (unpaired) electrons. The van der Waals surface area contributed by atoms with E-state index in [-0.39, 0.29) is 0 Å². The van der Waals surface area contributed by atoms with Crippen molar-refractivity contribution in [3.8, 4) is 0 Å². The molecule has 3 unspecified atom stereocenters. The minimum atomic E-state index is 0.755. The van der Waals surface area contributed by atoms with Crippen molar-refractivity contribution in [1.29, 1.82) is 0 Å². The van der Waals surface area contributed by atoms with Gasteiger partial charge < -0.3 is 5.32 Å².